The van der Waals surface area contributed by atoms with E-state index in [1.54, 1.807) is 25.7 Å². The number of aliphatic hydroxyl groups excluding tert-OH is 1. The lowest BCUT2D eigenvalue weighted by Gasteiger charge is -2.36. The number of hydrogen-bond acceptors (Lipinski definition) is 4. The third-order valence-electron chi connectivity index (χ3n) is 4.34. The molecule has 2 aliphatic rings. The van der Waals surface area contributed by atoms with Crippen LogP contribution in [0.4, 0.5) is 0 Å². The highest BCUT2D eigenvalue weighted by atomic mass is 16.3. The summed E-state index contributed by atoms with van der Waals surface area (Å²) in [6.07, 6.45) is 0.937. The van der Waals surface area contributed by atoms with Crippen LogP contribution in [0.2, 0.25) is 0 Å². The minimum atomic E-state index is -0.396. The molecule has 0 aromatic heterocycles. The van der Waals surface area contributed by atoms with Crippen LogP contribution >= 0.6 is 0 Å². The standard InChI is InChI=1S/C16H21NO4/c1-9-10(2)16(21)13(11(3)15(9)20)5-4-6-14(19)17-7-12(18)8-17/h12,18H,4-8H2,1-3H3. The van der Waals surface area contributed by atoms with Crippen molar-refractivity contribution in [2.75, 3.05) is 13.1 Å². The number of nitrogens with zero attached hydrogens (tertiary/aromatic N) is 1. The fourth-order valence-corrected chi connectivity index (χ4v) is 2.69. The Morgan fingerprint density at radius 3 is 2.24 bits per heavy atom. The molecule has 1 aliphatic heterocycles. The number of allylic oxidation sites excluding steroid dienone is 4. The van der Waals surface area contributed by atoms with Crippen molar-refractivity contribution >= 4 is 17.5 Å². The van der Waals surface area contributed by atoms with E-state index in [2.05, 4.69) is 0 Å². The summed E-state index contributed by atoms with van der Waals surface area (Å²) < 4.78 is 0. The van der Waals surface area contributed by atoms with E-state index in [1.807, 2.05) is 0 Å². The first-order valence-corrected chi connectivity index (χ1v) is 7.25. The van der Waals surface area contributed by atoms with Crippen LogP contribution in [0.15, 0.2) is 22.3 Å². The maximum absolute atomic E-state index is 12.2. The zero-order chi connectivity index (χ0) is 15.7. The van der Waals surface area contributed by atoms with E-state index in [0.717, 1.165) is 0 Å². The van der Waals surface area contributed by atoms with Gasteiger partial charge >= 0.3 is 0 Å². The zero-order valence-corrected chi connectivity index (χ0v) is 12.7. The van der Waals surface area contributed by atoms with E-state index >= 15 is 0 Å². The van der Waals surface area contributed by atoms with Crippen molar-refractivity contribution < 1.29 is 19.5 Å². The van der Waals surface area contributed by atoms with Gasteiger partial charge in [-0.1, -0.05) is 0 Å². The van der Waals surface area contributed by atoms with Crippen LogP contribution in [0.5, 0.6) is 0 Å². The Kier molecular flexibility index (Phi) is 4.42. The lowest BCUT2D eigenvalue weighted by atomic mass is 9.84. The molecular weight excluding hydrogens is 270 g/mol. The summed E-state index contributed by atoms with van der Waals surface area (Å²) >= 11 is 0. The Balaban J connectivity index is 1.92. The van der Waals surface area contributed by atoms with E-state index in [1.165, 1.54) is 0 Å². The topological polar surface area (TPSA) is 74.7 Å². The molecule has 1 fully saturated rings. The van der Waals surface area contributed by atoms with Gasteiger partial charge in [-0.05, 0) is 33.6 Å². The number of Topliss-reactive ketones (excluding diaryl/α,β-unsaturated/α-hetero) is 2. The van der Waals surface area contributed by atoms with Gasteiger partial charge in [0.05, 0.1) is 6.10 Å². The van der Waals surface area contributed by atoms with Gasteiger partial charge in [-0.15, -0.1) is 0 Å². The molecule has 1 heterocycles. The molecule has 5 heteroatoms. The van der Waals surface area contributed by atoms with Gasteiger partial charge in [0, 0.05) is 41.8 Å². The Bertz CT molecular complexity index is 565. The molecule has 1 amide bonds. The molecule has 0 bridgehead atoms. The number of β-amino-alcohol motifs (C(OH)–C–C–N with tert-alkyl or cyclic N) is 1. The van der Waals surface area contributed by atoms with Crippen molar-refractivity contribution in [3.05, 3.63) is 22.3 Å². The highest BCUT2D eigenvalue weighted by Crippen LogP contribution is 2.27. The van der Waals surface area contributed by atoms with Crippen molar-refractivity contribution in [1.29, 1.82) is 0 Å². The monoisotopic (exact) mass is 291 g/mol. The van der Waals surface area contributed by atoms with E-state index in [0.29, 0.717) is 54.6 Å². The highest BCUT2D eigenvalue weighted by molar-refractivity contribution is 6.24. The maximum Gasteiger partial charge on any atom is 0.222 e. The zero-order valence-electron chi connectivity index (χ0n) is 12.7. The quantitative estimate of drug-likeness (QED) is 0.789. The van der Waals surface area contributed by atoms with Crippen LogP contribution in [-0.2, 0) is 14.4 Å². The summed E-state index contributed by atoms with van der Waals surface area (Å²) in [7, 11) is 0. The van der Waals surface area contributed by atoms with Crippen molar-refractivity contribution in [2.24, 2.45) is 0 Å². The van der Waals surface area contributed by atoms with Crippen LogP contribution in [0.1, 0.15) is 40.0 Å². The van der Waals surface area contributed by atoms with E-state index in [-0.39, 0.29) is 17.5 Å². The second kappa shape index (κ2) is 5.93. The number of hydrogen-bond donors (Lipinski definition) is 1. The number of carbonyl (C=O) groups excluding carboxylic acids is 3. The summed E-state index contributed by atoms with van der Waals surface area (Å²) in [6, 6.07) is 0. The molecule has 0 aromatic carbocycles. The lowest BCUT2D eigenvalue weighted by molar-refractivity contribution is -0.141. The van der Waals surface area contributed by atoms with Gasteiger partial charge in [-0.2, -0.15) is 0 Å². The summed E-state index contributed by atoms with van der Waals surface area (Å²) in [5.41, 5.74) is 2.08. The molecule has 1 aliphatic carbocycles. The van der Waals surface area contributed by atoms with Gasteiger partial charge in [0.1, 0.15) is 0 Å². The molecule has 0 atom stereocenters. The first kappa shape index (κ1) is 15.6. The Labute approximate surface area is 124 Å². The highest BCUT2D eigenvalue weighted by Gasteiger charge is 2.30. The average Bonchev–Trinajstić information content (AvgIpc) is 2.43. The normalized spacial score (nSPS) is 20.3. The van der Waals surface area contributed by atoms with Gasteiger partial charge in [0.15, 0.2) is 11.6 Å². The molecule has 5 nitrogen and oxygen atoms in total. The second-order valence-corrected chi connectivity index (χ2v) is 5.82. The molecule has 2 rings (SSSR count). The predicted octanol–water partition coefficient (Wildman–Crippen LogP) is 1.16. The Morgan fingerprint density at radius 1 is 1.10 bits per heavy atom. The smallest absolute Gasteiger partial charge is 0.222 e. The second-order valence-electron chi connectivity index (χ2n) is 5.82. The number of carbonyl (C=O) groups is 3. The molecule has 1 saturated heterocycles. The van der Waals surface area contributed by atoms with E-state index < -0.39 is 6.10 Å². The molecule has 21 heavy (non-hydrogen) atoms. The third-order valence-corrected chi connectivity index (χ3v) is 4.34. The van der Waals surface area contributed by atoms with E-state index in [4.69, 9.17) is 5.11 Å². The van der Waals surface area contributed by atoms with Crippen LogP contribution in [-0.4, -0.2) is 46.7 Å². The molecule has 0 spiro atoms. The predicted molar refractivity (Wildman–Crippen MR) is 77.5 cm³/mol. The third kappa shape index (κ3) is 2.97. The fourth-order valence-electron chi connectivity index (χ4n) is 2.69. The minimum Gasteiger partial charge on any atom is -0.389 e. The number of aliphatic hydroxyl groups is 1. The molecule has 0 unspecified atom stereocenters. The molecular formula is C16H21NO4. The number of likely N-dealkylation sites (tertiary alicyclic amines) is 1. The molecule has 0 radical (unpaired) electrons. The summed E-state index contributed by atoms with van der Waals surface area (Å²) in [5, 5.41) is 9.16. The number of amides is 1. The van der Waals surface area contributed by atoms with Crippen LogP contribution in [0.3, 0.4) is 0 Å². The first-order valence-electron chi connectivity index (χ1n) is 7.25. The summed E-state index contributed by atoms with van der Waals surface area (Å²) in [4.78, 5) is 37.6. The van der Waals surface area contributed by atoms with Gasteiger partial charge in [0.2, 0.25) is 5.91 Å². The number of ketones is 2. The van der Waals surface area contributed by atoms with E-state index in [9.17, 15) is 14.4 Å². The summed E-state index contributed by atoms with van der Waals surface area (Å²) in [6.45, 7) is 5.83. The Hall–Kier alpha value is -1.75. The fraction of sp³-hybridized carbons (Fsp3) is 0.562. The minimum absolute atomic E-state index is 0.00316. The van der Waals surface area contributed by atoms with Crippen LogP contribution in [0.25, 0.3) is 0 Å². The first-order chi connectivity index (χ1) is 9.82. The molecule has 0 aromatic rings. The van der Waals surface area contributed by atoms with Gasteiger partial charge < -0.3 is 10.0 Å². The van der Waals surface area contributed by atoms with Crippen molar-refractivity contribution in [2.45, 2.75) is 46.1 Å². The average molecular weight is 291 g/mol. The molecule has 114 valence electrons. The number of rotatable bonds is 4. The van der Waals surface area contributed by atoms with Crippen molar-refractivity contribution in [3.63, 3.8) is 0 Å². The molecule has 1 N–H and O–H groups in total. The van der Waals surface area contributed by atoms with Crippen molar-refractivity contribution in [1.82, 2.24) is 4.90 Å². The Morgan fingerprint density at radius 2 is 1.67 bits per heavy atom. The van der Waals surface area contributed by atoms with Gasteiger partial charge in [-0.3, -0.25) is 14.4 Å². The van der Waals surface area contributed by atoms with Crippen LogP contribution in [0, 0.1) is 0 Å². The lowest BCUT2D eigenvalue weighted by Crippen LogP contribution is -2.53. The van der Waals surface area contributed by atoms with Gasteiger partial charge in [-0.25, -0.2) is 0 Å². The van der Waals surface area contributed by atoms with Gasteiger partial charge in [0.25, 0.3) is 0 Å². The summed E-state index contributed by atoms with van der Waals surface area (Å²) in [5.74, 6) is -0.146. The maximum atomic E-state index is 12.2. The largest absolute Gasteiger partial charge is 0.389 e. The molecule has 0 saturated carbocycles. The van der Waals surface area contributed by atoms with Crippen molar-refractivity contribution in [3.8, 4) is 0 Å². The SMILES string of the molecule is CC1=C(C)C(=O)C(CCCC(=O)N2CC(O)C2)=C(C)C1=O. The van der Waals surface area contributed by atoms with Crippen LogP contribution < -0.4 is 0 Å².